The van der Waals surface area contributed by atoms with E-state index in [0.717, 1.165) is 95.7 Å². The second-order valence-electron chi connectivity index (χ2n) is 19.6. The molecule has 1 heterocycles. The smallest absolute Gasteiger partial charge is 0.168 e. The molecule has 366 valence electrons. The Hall–Kier alpha value is -1.14. The average Bonchev–Trinajstić information content (AvgIpc) is 4.22. The number of methoxy groups -OCH3 is 4. The summed E-state index contributed by atoms with van der Waals surface area (Å²) in [5.41, 5.74) is 2.60. The highest BCUT2D eigenvalue weighted by molar-refractivity contribution is 5.21. The maximum absolute atomic E-state index is 6.13. The third-order valence-electron chi connectivity index (χ3n) is 15.3. The highest BCUT2D eigenvalue weighted by Gasteiger charge is 2.38. The van der Waals surface area contributed by atoms with Crippen LogP contribution in [0.5, 0.6) is 0 Å². The van der Waals surface area contributed by atoms with Gasteiger partial charge in [-0.3, -0.25) is 0 Å². The van der Waals surface area contributed by atoms with Crippen molar-refractivity contribution in [3.63, 3.8) is 0 Å². The quantitative estimate of drug-likeness (QED) is 0.0885. The Bertz CT molecular complexity index is 1270. The molecule has 6 fully saturated rings. The lowest BCUT2D eigenvalue weighted by Crippen LogP contribution is -2.34. The van der Waals surface area contributed by atoms with Crippen molar-refractivity contribution < 1.29 is 42.6 Å². The minimum Gasteiger partial charge on any atom is -0.373 e. The lowest BCUT2D eigenvalue weighted by atomic mass is 9.81. The highest BCUT2D eigenvalue weighted by Crippen LogP contribution is 2.38. The number of hydrogen-bond donors (Lipinski definition) is 0. The molecule has 9 heteroatoms. The van der Waals surface area contributed by atoms with E-state index in [2.05, 4.69) is 52.0 Å². The molecule has 9 nitrogen and oxygen atoms in total. The van der Waals surface area contributed by atoms with Gasteiger partial charge >= 0.3 is 0 Å². The Balaban J connectivity index is 0.000000185. The van der Waals surface area contributed by atoms with Gasteiger partial charge in [0.15, 0.2) is 23.1 Å². The first kappa shape index (κ1) is 54.5. The van der Waals surface area contributed by atoms with Crippen LogP contribution in [-0.4, -0.2) is 83.6 Å². The SMILES string of the molecule is CCC1CCC(COC2(OC)CCCC2)CC1.CCC1CCC(COC2(OC)CCCC2)O1.CCCCCOC1(OC)CCCC1.CCc1ccc(COC2(OC)CCCC2)cc1. The minimum atomic E-state index is -0.316. The van der Waals surface area contributed by atoms with Crippen LogP contribution in [0.1, 0.15) is 212 Å². The maximum Gasteiger partial charge on any atom is 0.168 e. The summed E-state index contributed by atoms with van der Waals surface area (Å²) in [6, 6.07) is 8.65. The van der Waals surface area contributed by atoms with Crippen LogP contribution in [0, 0.1) is 11.8 Å². The fourth-order valence-corrected chi connectivity index (χ4v) is 10.5. The van der Waals surface area contributed by atoms with Gasteiger partial charge in [0.05, 0.1) is 38.6 Å². The molecular formula is C54H96O9. The van der Waals surface area contributed by atoms with Crippen molar-refractivity contribution in [2.24, 2.45) is 11.8 Å². The van der Waals surface area contributed by atoms with Crippen LogP contribution >= 0.6 is 0 Å². The Morgan fingerprint density at radius 1 is 0.460 bits per heavy atom. The van der Waals surface area contributed by atoms with E-state index in [4.69, 9.17) is 42.6 Å². The molecule has 2 unspecified atom stereocenters. The standard InChI is InChI=1S/C15H28O2.C15H22O2.C13H24O3.C11H22O2/c2*1-3-13-6-8-14(9-7-13)12-17-15(16-2)10-4-5-11-15;1-3-11-6-7-12(16-11)10-15-13(14-2)8-4-5-9-13;1-3-4-7-10-13-11(12-2)8-5-6-9-11/h13-14H,3-12H2,1-2H3;6-9H,3-5,10-12H2,1-2H3;11-12H,3-10H2,1-2H3;3-10H2,1-2H3. The van der Waals surface area contributed by atoms with Gasteiger partial charge in [-0.1, -0.05) is 84.1 Å². The first-order valence-electron chi connectivity index (χ1n) is 26.2. The second-order valence-corrected chi connectivity index (χ2v) is 19.6. The number of ether oxygens (including phenoxy) is 9. The van der Waals surface area contributed by atoms with Crippen molar-refractivity contribution >= 4 is 0 Å². The molecule has 63 heavy (non-hydrogen) atoms. The van der Waals surface area contributed by atoms with Gasteiger partial charge in [0.25, 0.3) is 0 Å². The second kappa shape index (κ2) is 29.6. The Morgan fingerprint density at radius 2 is 0.889 bits per heavy atom. The molecule has 0 radical (unpaired) electrons. The van der Waals surface area contributed by atoms with Gasteiger partial charge in [0, 0.05) is 79.8 Å². The topological polar surface area (TPSA) is 83.1 Å². The van der Waals surface area contributed by atoms with Crippen molar-refractivity contribution in [3.05, 3.63) is 35.4 Å². The molecule has 2 atom stereocenters. The van der Waals surface area contributed by atoms with E-state index < -0.39 is 0 Å². The Morgan fingerprint density at radius 3 is 1.32 bits per heavy atom. The monoisotopic (exact) mass is 889 g/mol. The minimum absolute atomic E-state index is 0.215. The number of benzene rings is 1. The molecule has 0 spiro atoms. The molecule has 1 aliphatic heterocycles. The predicted octanol–water partition coefficient (Wildman–Crippen LogP) is 13.8. The van der Waals surface area contributed by atoms with Crippen molar-refractivity contribution in [2.45, 2.75) is 249 Å². The number of hydrogen-bond acceptors (Lipinski definition) is 9. The largest absolute Gasteiger partial charge is 0.373 e. The zero-order valence-electron chi connectivity index (χ0n) is 41.9. The fourth-order valence-electron chi connectivity index (χ4n) is 10.5. The summed E-state index contributed by atoms with van der Waals surface area (Å²) in [6.45, 7) is 12.0. The summed E-state index contributed by atoms with van der Waals surface area (Å²) in [4.78, 5) is 0. The van der Waals surface area contributed by atoms with Gasteiger partial charge in [-0.05, 0) is 119 Å². The van der Waals surface area contributed by atoms with Crippen molar-refractivity contribution in [1.82, 2.24) is 0 Å². The lowest BCUT2D eigenvalue weighted by Gasteiger charge is -2.32. The van der Waals surface area contributed by atoms with E-state index in [1.807, 2.05) is 0 Å². The third-order valence-corrected chi connectivity index (χ3v) is 15.3. The van der Waals surface area contributed by atoms with E-state index >= 15 is 0 Å². The average molecular weight is 889 g/mol. The van der Waals surface area contributed by atoms with Crippen LogP contribution in [0.15, 0.2) is 24.3 Å². The van der Waals surface area contributed by atoms with Gasteiger partial charge in [0.1, 0.15) is 0 Å². The first-order chi connectivity index (χ1) is 30.7. The van der Waals surface area contributed by atoms with Crippen LogP contribution in [-0.2, 0) is 55.7 Å². The van der Waals surface area contributed by atoms with E-state index in [1.54, 1.807) is 28.4 Å². The summed E-state index contributed by atoms with van der Waals surface area (Å²) >= 11 is 0. The Kier molecular flexibility index (Phi) is 25.6. The molecule has 0 amide bonds. The van der Waals surface area contributed by atoms with Crippen molar-refractivity contribution in [2.75, 3.05) is 48.3 Å². The molecule has 1 saturated heterocycles. The van der Waals surface area contributed by atoms with E-state index in [9.17, 15) is 0 Å². The molecule has 0 bridgehead atoms. The molecule has 0 N–H and O–H groups in total. The summed E-state index contributed by atoms with van der Waals surface area (Å²) in [7, 11) is 7.09. The summed E-state index contributed by atoms with van der Waals surface area (Å²) in [5.74, 6) is 0.714. The van der Waals surface area contributed by atoms with Crippen LogP contribution in [0.2, 0.25) is 0 Å². The molecule has 5 saturated carbocycles. The molecule has 1 aromatic carbocycles. The molecule has 5 aliphatic carbocycles. The van der Waals surface area contributed by atoms with Gasteiger partial charge in [-0.2, -0.15) is 0 Å². The molecular weight excluding hydrogens is 793 g/mol. The lowest BCUT2D eigenvalue weighted by molar-refractivity contribution is -0.229. The first-order valence-corrected chi connectivity index (χ1v) is 26.2. The number of aryl methyl sites for hydroxylation is 1. The van der Waals surface area contributed by atoms with Gasteiger partial charge in [0.2, 0.25) is 0 Å². The summed E-state index contributed by atoms with van der Waals surface area (Å²) < 4.78 is 51.9. The van der Waals surface area contributed by atoms with Crippen LogP contribution in [0.4, 0.5) is 0 Å². The third kappa shape index (κ3) is 18.5. The van der Waals surface area contributed by atoms with Gasteiger partial charge in [-0.15, -0.1) is 0 Å². The van der Waals surface area contributed by atoms with Crippen molar-refractivity contribution in [3.8, 4) is 0 Å². The van der Waals surface area contributed by atoms with Crippen molar-refractivity contribution in [1.29, 1.82) is 0 Å². The highest BCUT2D eigenvalue weighted by atomic mass is 16.7. The van der Waals surface area contributed by atoms with Gasteiger partial charge < -0.3 is 42.6 Å². The predicted molar refractivity (Wildman–Crippen MR) is 255 cm³/mol. The van der Waals surface area contributed by atoms with Crippen LogP contribution < -0.4 is 0 Å². The van der Waals surface area contributed by atoms with Crippen LogP contribution in [0.25, 0.3) is 0 Å². The number of rotatable bonds is 21. The summed E-state index contributed by atoms with van der Waals surface area (Å²) in [6.07, 6.45) is 34.2. The molecule has 1 aromatic rings. The van der Waals surface area contributed by atoms with E-state index in [0.29, 0.717) is 19.3 Å². The molecule has 6 aliphatic rings. The fraction of sp³-hybridized carbons (Fsp3) is 0.889. The Labute approximate surface area is 386 Å². The zero-order valence-corrected chi connectivity index (χ0v) is 41.9. The number of unbranched alkanes of at least 4 members (excludes halogenated alkanes) is 2. The van der Waals surface area contributed by atoms with E-state index in [-0.39, 0.29) is 29.3 Å². The zero-order chi connectivity index (χ0) is 45.3. The maximum atomic E-state index is 6.13. The molecule has 7 rings (SSSR count). The van der Waals surface area contributed by atoms with Crippen LogP contribution in [0.3, 0.4) is 0 Å². The summed E-state index contributed by atoms with van der Waals surface area (Å²) in [5, 5.41) is 0. The van der Waals surface area contributed by atoms with Gasteiger partial charge in [-0.25, -0.2) is 0 Å². The van der Waals surface area contributed by atoms with E-state index in [1.165, 1.54) is 120 Å². The normalized spacial score (nSPS) is 26.6. The molecule has 0 aromatic heterocycles.